The molecule has 0 atom stereocenters. The molecule has 2 aromatic carbocycles. The van der Waals surface area contributed by atoms with E-state index in [0.717, 1.165) is 0 Å². The van der Waals surface area contributed by atoms with E-state index in [1.165, 1.54) is 14.1 Å². The van der Waals surface area contributed by atoms with Crippen LogP contribution in [0.1, 0.15) is 6.92 Å². The monoisotopic (exact) mass is 334 g/mol. The van der Waals surface area contributed by atoms with Crippen LogP contribution in [-0.4, -0.2) is 26.1 Å². The van der Waals surface area contributed by atoms with Crippen LogP contribution in [0.5, 0.6) is 0 Å². The van der Waals surface area contributed by atoms with Crippen LogP contribution in [0.4, 0.5) is 0 Å². The number of benzene rings is 2. The molecular weight excluding hydrogens is 319 g/mol. The van der Waals surface area contributed by atoms with Crippen LogP contribution in [-0.2, 0) is 7.87 Å². The third-order valence-electron chi connectivity index (χ3n) is 2.49. The standard InChI is InChI=1S/2C6H5.C2H4O2.Sn.H/c2*1-2-4-6-5-3-1;1-2(3)4;;/h2*1-5H;1H3,(H,3,4);;/q;;;+1;/p-1. The Hall–Kier alpha value is -1.29. The zero-order valence-electron chi connectivity index (χ0n) is 9.67. The van der Waals surface area contributed by atoms with Crippen LogP contribution in [0.3, 0.4) is 0 Å². The number of carbonyl (C=O) groups is 1. The Morgan fingerprint density at radius 2 is 1.29 bits per heavy atom. The molecule has 2 nitrogen and oxygen atoms in total. The Bertz CT molecular complexity index is 443. The summed E-state index contributed by atoms with van der Waals surface area (Å²) < 4.78 is 7.97. The third kappa shape index (κ3) is 3.33. The maximum atomic E-state index is 11.2. The first kappa shape index (κ1) is 12.2. The SMILES string of the molecule is CC(=O)[O][SnH]([c]1ccccc1)[c]1ccccc1. The van der Waals surface area contributed by atoms with Crippen molar-refractivity contribution in [3.63, 3.8) is 0 Å². The van der Waals surface area contributed by atoms with Crippen molar-refractivity contribution in [2.75, 3.05) is 0 Å². The molecule has 0 aliphatic rings. The van der Waals surface area contributed by atoms with Gasteiger partial charge in [-0.3, -0.25) is 0 Å². The second kappa shape index (κ2) is 5.87. The van der Waals surface area contributed by atoms with Gasteiger partial charge in [-0.15, -0.1) is 0 Å². The van der Waals surface area contributed by atoms with Gasteiger partial charge in [-0.05, 0) is 0 Å². The summed E-state index contributed by atoms with van der Waals surface area (Å²) in [5.74, 6) is -0.182. The number of rotatable bonds is 3. The molecule has 0 bridgehead atoms. The van der Waals surface area contributed by atoms with Crippen molar-refractivity contribution in [3.8, 4) is 0 Å². The van der Waals surface area contributed by atoms with E-state index in [4.69, 9.17) is 3.07 Å². The van der Waals surface area contributed by atoms with Gasteiger partial charge < -0.3 is 0 Å². The first-order valence-corrected chi connectivity index (χ1v) is 10.2. The van der Waals surface area contributed by atoms with Crippen molar-refractivity contribution >= 4 is 33.3 Å². The van der Waals surface area contributed by atoms with Gasteiger partial charge in [0.1, 0.15) is 0 Å². The van der Waals surface area contributed by atoms with E-state index in [2.05, 4.69) is 24.3 Å². The van der Waals surface area contributed by atoms with Gasteiger partial charge in [0.2, 0.25) is 0 Å². The first-order valence-electron chi connectivity index (χ1n) is 5.54. The van der Waals surface area contributed by atoms with E-state index in [1.54, 1.807) is 0 Å². The molecule has 0 spiro atoms. The normalized spacial score (nSPS) is 10.2. The summed E-state index contributed by atoms with van der Waals surface area (Å²) >= 11 is -2.64. The number of hydrogen-bond acceptors (Lipinski definition) is 2. The number of carbonyl (C=O) groups excluding carboxylic acids is 1. The zero-order chi connectivity index (χ0) is 12.1. The van der Waals surface area contributed by atoms with Crippen LogP contribution in [0.15, 0.2) is 60.7 Å². The molecule has 2 aromatic rings. The Morgan fingerprint density at radius 1 is 0.882 bits per heavy atom. The van der Waals surface area contributed by atoms with Gasteiger partial charge in [0.05, 0.1) is 0 Å². The first-order chi connectivity index (χ1) is 8.27. The Morgan fingerprint density at radius 3 is 1.65 bits per heavy atom. The quantitative estimate of drug-likeness (QED) is 0.786. The number of hydrogen-bond donors (Lipinski definition) is 0. The van der Waals surface area contributed by atoms with Crippen LogP contribution < -0.4 is 7.16 Å². The molecule has 0 unspecified atom stereocenters. The van der Waals surface area contributed by atoms with E-state index >= 15 is 0 Å². The van der Waals surface area contributed by atoms with E-state index in [0.29, 0.717) is 0 Å². The molecule has 86 valence electrons. The summed E-state index contributed by atoms with van der Waals surface area (Å²) in [6.07, 6.45) is 0. The fraction of sp³-hybridized carbons (Fsp3) is 0.0714. The van der Waals surface area contributed by atoms with Gasteiger partial charge in [0.15, 0.2) is 0 Å². The molecule has 0 saturated heterocycles. The molecule has 0 saturated carbocycles. The van der Waals surface area contributed by atoms with Gasteiger partial charge in [-0.1, -0.05) is 0 Å². The second-order valence-corrected chi connectivity index (χ2v) is 10.5. The van der Waals surface area contributed by atoms with E-state index in [9.17, 15) is 4.79 Å². The Kier molecular flexibility index (Phi) is 4.20. The van der Waals surface area contributed by atoms with Crippen LogP contribution in [0.25, 0.3) is 0 Å². The van der Waals surface area contributed by atoms with Crippen molar-refractivity contribution in [1.82, 2.24) is 0 Å². The second-order valence-electron chi connectivity index (χ2n) is 3.81. The molecule has 0 amide bonds. The third-order valence-corrected chi connectivity index (χ3v) is 9.76. The van der Waals surface area contributed by atoms with Gasteiger partial charge in [-0.2, -0.15) is 0 Å². The predicted octanol–water partition coefficient (Wildman–Crippen LogP) is 1.09. The fourth-order valence-corrected chi connectivity index (χ4v) is 7.84. The molecule has 17 heavy (non-hydrogen) atoms. The van der Waals surface area contributed by atoms with Crippen molar-refractivity contribution < 1.29 is 7.87 Å². The predicted molar refractivity (Wildman–Crippen MR) is 71.1 cm³/mol. The summed E-state index contributed by atoms with van der Waals surface area (Å²) in [5, 5.41) is 0. The molecule has 0 radical (unpaired) electrons. The average Bonchev–Trinajstić information content (AvgIpc) is 2.38. The van der Waals surface area contributed by atoms with Crippen molar-refractivity contribution in [2.45, 2.75) is 6.92 Å². The van der Waals surface area contributed by atoms with Gasteiger partial charge >= 0.3 is 109 Å². The van der Waals surface area contributed by atoms with Crippen molar-refractivity contribution in [3.05, 3.63) is 60.7 Å². The van der Waals surface area contributed by atoms with Gasteiger partial charge in [-0.25, -0.2) is 0 Å². The summed E-state index contributed by atoms with van der Waals surface area (Å²) in [6.45, 7) is 1.48. The minimum absolute atomic E-state index is 0.182. The Balaban J connectivity index is 2.36. The molecule has 0 aromatic heterocycles. The Labute approximate surface area is 109 Å². The van der Waals surface area contributed by atoms with Crippen LogP contribution in [0, 0.1) is 0 Å². The van der Waals surface area contributed by atoms with Crippen LogP contribution in [0.2, 0.25) is 0 Å². The summed E-state index contributed by atoms with van der Waals surface area (Å²) in [4.78, 5) is 11.2. The minimum atomic E-state index is -2.64. The van der Waals surface area contributed by atoms with E-state index < -0.39 is 20.2 Å². The van der Waals surface area contributed by atoms with Gasteiger partial charge in [0, 0.05) is 0 Å². The summed E-state index contributed by atoms with van der Waals surface area (Å²) in [5.41, 5.74) is 0. The van der Waals surface area contributed by atoms with Crippen molar-refractivity contribution in [1.29, 1.82) is 0 Å². The summed E-state index contributed by atoms with van der Waals surface area (Å²) in [6, 6.07) is 20.1. The maximum absolute atomic E-state index is 11.2. The molecule has 2 rings (SSSR count). The molecular formula is C14H14O2Sn. The molecule has 0 aliphatic heterocycles. The fourth-order valence-electron chi connectivity index (χ4n) is 1.75. The van der Waals surface area contributed by atoms with Gasteiger partial charge in [0.25, 0.3) is 0 Å². The zero-order valence-corrected chi connectivity index (χ0v) is 13.0. The summed E-state index contributed by atoms with van der Waals surface area (Å²) in [7, 11) is 0. The topological polar surface area (TPSA) is 26.3 Å². The molecule has 0 fully saturated rings. The van der Waals surface area contributed by atoms with E-state index in [-0.39, 0.29) is 5.97 Å². The molecule has 0 N–H and O–H groups in total. The van der Waals surface area contributed by atoms with Crippen molar-refractivity contribution in [2.24, 2.45) is 0 Å². The van der Waals surface area contributed by atoms with Crippen LogP contribution >= 0.6 is 0 Å². The molecule has 0 aliphatic carbocycles. The van der Waals surface area contributed by atoms with E-state index in [1.807, 2.05) is 36.4 Å². The average molecular weight is 333 g/mol. The molecule has 0 heterocycles. The molecule has 3 heteroatoms.